The molecular formula is C15H21NO4. The average Bonchev–Trinajstić information content (AvgIpc) is 2.85. The lowest BCUT2D eigenvalue weighted by atomic mass is 9.92. The van der Waals surface area contributed by atoms with Crippen molar-refractivity contribution >= 4 is 17.5 Å². The van der Waals surface area contributed by atoms with E-state index in [1.54, 1.807) is 0 Å². The summed E-state index contributed by atoms with van der Waals surface area (Å²) in [6.45, 7) is 4.43. The van der Waals surface area contributed by atoms with Crippen LogP contribution in [0.2, 0.25) is 0 Å². The molecule has 0 radical (unpaired) electrons. The summed E-state index contributed by atoms with van der Waals surface area (Å²) in [5, 5.41) is 4.04. The Labute approximate surface area is 119 Å². The Morgan fingerprint density at radius 2 is 2.30 bits per heavy atom. The SMILES string of the molecule is CC(C)COC(=O)CC1CC(C2=CCC(=O)CC2)=NO1. The second kappa shape index (κ2) is 6.68. The third-order valence-corrected chi connectivity index (χ3v) is 3.32. The van der Waals surface area contributed by atoms with Gasteiger partial charge in [-0.15, -0.1) is 0 Å². The fourth-order valence-corrected chi connectivity index (χ4v) is 2.21. The molecule has 2 rings (SSSR count). The summed E-state index contributed by atoms with van der Waals surface area (Å²) in [5.74, 6) is 0.357. The minimum atomic E-state index is -0.243. The van der Waals surface area contributed by atoms with Gasteiger partial charge in [0.25, 0.3) is 0 Å². The first kappa shape index (κ1) is 14.8. The van der Waals surface area contributed by atoms with Crippen LogP contribution in [-0.2, 0) is 19.2 Å². The first-order valence-corrected chi connectivity index (χ1v) is 7.14. The van der Waals surface area contributed by atoms with Crippen molar-refractivity contribution in [3.8, 4) is 0 Å². The van der Waals surface area contributed by atoms with Gasteiger partial charge in [0, 0.05) is 19.3 Å². The molecule has 0 saturated carbocycles. The largest absolute Gasteiger partial charge is 0.465 e. The van der Waals surface area contributed by atoms with Crippen molar-refractivity contribution in [3.63, 3.8) is 0 Å². The molecule has 1 aliphatic heterocycles. The summed E-state index contributed by atoms with van der Waals surface area (Å²) in [5.41, 5.74) is 1.96. The molecule has 0 spiro atoms. The molecule has 5 nitrogen and oxygen atoms in total. The molecule has 110 valence electrons. The fraction of sp³-hybridized carbons (Fsp3) is 0.667. The van der Waals surface area contributed by atoms with Gasteiger partial charge in [0.1, 0.15) is 11.9 Å². The summed E-state index contributed by atoms with van der Waals surface area (Å²) in [7, 11) is 0. The molecule has 5 heteroatoms. The topological polar surface area (TPSA) is 65.0 Å². The fourth-order valence-electron chi connectivity index (χ4n) is 2.21. The highest BCUT2D eigenvalue weighted by Gasteiger charge is 2.27. The van der Waals surface area contributed by atoms with Crippen LogP contribution in [0.4, 0.5) is 0 Å². The average molecular weight is 279 g/mol. The lowest BCUT2D eigenvalue weighted by Gasteiger charge is -2.11. The maximum absolute atomic E-state index is 11.6. The van der Waals surface area contributed by atoms with Gasteiger partial charge in [0.05, 0.1) is 18.7 Å². The Hall–Kier alpha value is -1.65. The summed E-state index contributed by atoms with van der Waals surface area (Å²) in [4.78, 5) is 28.1. The van der Waals surface area contributed by atoms with Crippen molar-refractivity contribution in [2.24, 2.45) is 11.1 Å². The molecule has 1 heterocycles. The highest BCUT2D eigenvalue weighted by molar-refractivity contribution is 6.03. The summed E-state index contributed by atoms with van der Waals surface area (Å²) in [6.07, 6.45) is 4.33. The molecule has 0 bridgehead atoms. The Morgan fingerprint density at radius 3 is 2.95 bits per heavy atom. The molecule has 1 atom stereocenters. The van der Waals surface area contributed by atoms with Crippen molar-refractivity contribution in [3.05, 3.63) is 11.6 Å². The second-order valence-corrected chi connectivity index (χ2v) is 5.72. The van der Waals surface area contributed by atoms with Gasteiger partial charge < -0.3 is 9.57 Å². The second-order valence-electron chi connectivity index (χ2n) is 5.72. The maximum atomic E-state index is 11.6. The number of rotatable bonds is 5. The number of hydrogen-bond acceptors (Lipinski definition) is 5. The minimum Gasteiger partial charge on any atom is -0.465 e. The molecule has 0 saturated heterocycles. The highest BCUT2D eigenvalue weighted by Crippen LogP contribution is 2.24. The van der Waals surface area contributed by atoms with Crippen LogP contribution < -0.4 is 0 Å². The Bertz CT molecular complexity index is 451. The van der Waals surface area contributed by atoms with Gasteiger partial charge in [0.15, 0.2) is 0 Å². The van der Waals surface area contributed by atoms with Crippen LogP contribution in [0.15, 0.2) is 16.8 Å². The van der Waals surface area contributed by atoms with Crippen molar-refractivity contribution in [1.29, 1.82) is 0 Å². The van der Waals surface area contributed by atoms with Gasteiger partial charge in [-0.25, -0.2) is 0 Å². The lowest BCUT2D eigenvalue weighted by Crippen LogP contribution is -2.19. The van der Waals surface area contributed by atoms with Gasteiger partial charge in [-0.1, -0.05) is 25.1 Å². The number of nitrogens with zero attached hydrogens (tertiary/aromatic N) is 1. The van der Waals surface area contributed by atoms with Crippen LogP contribution in [0.3, 0.4) is 0 Å². The molecule has 2 aliphatic rings. The standard InChI is InChI=1S/C15H21NO4/c1-10(2)9-19-15(18)8-13-7-14(16-20-13)11-3-5-12(17)6-4-11/h3,10,13H,4-9H2,1-2H3. The first-order valence-electron chi connectivity index (χ1n) is 7.14. The van der Waals surface area contributed by atoms with Crippen LogP contribution in [-0.4, -0.2) is 30.2 Å². The van der Waals surface area contributed by atoms with E-state index in [1.165, 1.54) is 0 Å². The molecule has 0 aromatic rings. The first-order chi connectivity index (χ1) is 9.54. The number of Topliss-reactive ketones (excluding diaryl/α,β-unsaturated/α-hetero) is 1. The molecule has 0 amide bonds. The van der Waals surface area contributed by atoms with E-state index < -0.39 is 0 Å². The van der Waals surface area contributed by atoms with Gasteiger partial charge in [-0.05, 0) is 17.9 Å². The third-order valence-electron chi connectivity index (χ3n) is 3.32. The predicted octanol–water partition coefficient (Wildman–Crippen LogP) is 2.40. The Morgan fingerprint density at radius 1 is 1.50 bits per heavy atom. The van der Waals surface area contributed by atoms with Crippen LogP contribution >= 0.6 is 0 Å². The van der Waals surface area contributed by atoms with Crippen molar-refractivity contribution in [2.45, 2.75) is 52.1 Å². The van der Waals surface area contributed by atoms with E-state index in [-0.39, 0.29) is 24.3 Å². The number of esters is 1. The van der Waals surface area contributed by atoms with E-state index in [2.05, 4.69) is 5.16 Å². The predicted molar refractivity (Wildman–Crippen MR) is 74.3 cm³/mol. The molecule has 0 aromatic heterocycles. The van der Waals surface area contributed by atoms with E-state index in [0.29, 0.717) is 31.8 Å². The number of ketones is 1. The van der Waals surface area contributed by atoms with Crippen molar-refractivity contribution in [2.75, 3.05) is 6.61 Å². The van der Waals surface area contributed by atoms with E-state index in [1.807, 2.05) is 19.9 Å². The Balaban J connectivity index is 1.77. The van der Waals surface area contributed by atoms with E-state index in [0.717, 1.165) is 17.7 Å². The molecule has 1 unspecified atom stereocenters. The van der Waals surface area contributed by atoms with Crippen LogP contribution in [0, 0.1) is 5.92 Å². The van der Waals surface area contributed by atoms with Crippen molar-refractivity contribution < 1.29 is 19.2 Å². The van der Waals surface area contributed by atoms with Gasteiger partial charge >= 0.3 is 5.97 Å². The normalized spacial score (nSPS) is 22.4. The molecule has 0 N–H and O–H groups in total. The van der Waals surface area contributed by atoms with E-state index in [4.69, 9.17) is 9.57 Å². The third kappa shape index (κ3) is 4.18. The zero-order valence-electron chi connectivity index (χ0n) is 12.1. The smallest absolute Gasteiger partial charge is 0.309 e. The molecule has 0 fully saturated rings. The number of ether oxygens (including phenoxy) is 1. The van der Waals surface area contributed by atoms with E-state index in [9.17, 15) is 9.59 Å². The van der Waals surface area contributed by atoms with Gasteiger partial charge in [-0.2, -0.15) is 0 Å². The Kier molecular flexibility index (Phi) is 4.93. The van der Waals surface area contributed by atoms with Gasteiger partial charge in [0.2, 0.25) is 0 Å². The van der Waals surface area contributed by atoms with Gasteiger partial charge in [-0.3, -0.25) is 9.59 Å². The number of carbonyl (C=O) groups is 2. The quantitative estimate of drug-likeness (QED) is 0.725. The van der Waals surface area contributed by atoms with Crippen LogP contribution in [0.1, 0.15) is 46.0 Å². The van der Waals surface area contributed by atoms with Crippen LogP contribution in [0.25, 0.3) is 0 Å². The molecule has 1 aliphatic carbocycles. The monoisotopic (exact) mass is 279 g/mol. The van der Waals surface area contributed by atoms with Crippen molar-refractivity contribution in [1.82, 2.24) is 0 Å². The minimum absolute atomic E-state index is 0.228. The molecule has 0 aromatic carbocycles. The zero-order valence-corrected chi connectivity index (χ0v) is 12.1. The summed E-state index contributed by atoms with van der Waals surface area (Å²) < 4.78 is 5.13. The number of hydrogen-bond donors (Lipinski definition) is 0. The summed E-state index contributed by atoms with van der Waals surface area (Å²) >= 11 is 0. The van der Waals surface area contributed by atoms with Crippen LogP contribution in [0.5, 0.6) is 0 Å². The molecular weight excluding hydrogens is 258 g/mol. The highest BCUT2D eigenvalue weighted by atomic mass is 16.6. The summed E-state index contributed by atoms with van der Waals surface area (Å²) in [6, 6.07) is 0. The van der Waals surface area contributed by atoms with E-state index >= 15 is 0 Å². The number of allylic oxidation sites excluding steroid dienone is 2. The molecule has 20 heavy (non-hydrogen) atoms. The lowest BCUT2D eigenvalue weighted by molar-refractivity contribution is -0.147. The maximum Gasteiger partial charge on any atom is 0.309 e. The zero-order chi connectivity index (χ0) is 14.5. The number of oxime groups is 1. The number of carbonyl (C=O) groups excluding carboxylic acids is 2.